The number of rotatable bonds is 1. The summed E-state index contributed by atoms with van der Waals surface area (Å²) in [7, 11) is 0. The van der Waals surface area contributed by atoms with Crippen molar-refractivity contribution in [2.45, 2.75) is 44.4 Å². The number of carbonyl (C=O) groups is 1. The van der Waals surface area contributed by atoms with Crippen LogP contribution < -0.4 is 5.73 Å². The van der Waals surface area contributed by atoms with Crippen LogP contribution in [0.3, 0.4) is 0 Å². The average Bonchev–Trinajstić information content (AvgIpc) is 2.71. The van der Waals surface area contributed by atoms with Crippen molar-refractivity contribution in [2.24, 2.45) is 5.73 Å². The standard InChI is InChI=1S/C13H16N2O/c14-13(16)10-5-1-4-9-7-8-3-2-6-11(8)15-12(9)10/h7,10H,1-6H2,(H2,14,16). The maximum absolute atomic E-state index is 11.4. The number of hydrogen-bond acceptors (Lipinski definition) is 2. The minimum absolute atomic E-state index is 0.144. The molecule has 1 aromatic rings. The van der Waals surface area contributed by atoms with Crippen molar-refractivity contribution in [3.63, 3.8) is 0 Å². The first-order valence-corrected chi connectivity index (χ1v) is 6.06. The lowest BCUT2D eigenvalue weighted by Crippen LogP contribution is -2.26. The van der Waals surface area contributed by atoms with Gasteiger partial charge < -0.3 is 5.73 Å². The van der Waals surface area contributed by atoms with Gasteiger partial charge in [0.1, 0.15) is 0 Å². The summed E-state index contributed by atoms with van der Waals surface area (Å²) in [5, 5.41) is 0. The van der Waals surface area contributed by atoms with Gasteiger partial charge in [-0.15, -0.1) is 0 Å². The third-order valence-corrected chi connectivity index (χ3v) is 3.78. The van der Waals surface area contributed by atoms with Crippen LogP contribution in [-0.2, 0) is 24.1 Å². The summed E-state index contributed by atoms with van der Waals surface area (Å²) in [6.45, 7) is 0. The fraction of sp³-hybridized carbons (Fsp3) is 0.538. The Morgan fingerprint density at radius 2 is 2.06 bits per heavy atom. The molecule has 3 rings (SSSR count). The van der Waals surface area contributed by atoms with Gasteiger partial charge in [0, 0.05) is 5.69 Å². The lowest BCUT2D eigenvalue weighted by atomic mass is 9.85. The van der Waals surface area contributed by atoms with Gasteiger partial charge in [0.05, 0.1) is 11.6 Å². The van der Waals surface area contributed by atoms with Crippen molar-refractivity contribution in [1.82, 2.24) is 4.98 Å². The second kappa shape index (κ2) is 3.58. The minimum Gasteiger partial charge on any atom is -0.369 e. The van der Waals surface area contributed by atoms with Gasteiger partial charge in [0.25, 0.3) is 0 Å². The largest absolute Gasteiger partial charge is 0.369 e. The van der Waals surface area contributed by atoms with Crippen LogP contribution in [0.4, 0.5) is 0 Å². The summed E-state index contributed by atoms with van der Waals surface area (Å²) in [6.07, 6.45) is 6.39. The van der Waals surface area contributed by atoms with Crippen molar-refractivity contribution in [2.75, 3.05) is 0 Å². The molecule has 2 aliphatic carbocycles. The van der Waals surface area contributed by atoms with Gasteiger partial charge in [-0.3, -0.25) is 9.78 Å². The van der Waals surface area contributed by atoms with Crippen LogP contribution >= 0.6 is 0 Å². The van der Waals surface area contributed by atoms with Gasteiger partial charge >= 0.3 is 0 Å². The van der Waals surface area contributed by atoms with E-state index in [1.165, 1.54) is 23.2 Å². The average molecular weight is 216 g/mol. The molecule has 1 amide bonds. The van der Waals surface area contributed by atoms with Gasteiger partial charge in [-0.25, -0.2) is 0 Å². The molecule has 1 aromatic heterocycles. The number of nitrogens with zero attached hydrogens (tertiary/aromatic N) is 1. The van der Waals surface area contributed by atoms with Crippen LogP contribution in [0.25, 0.3) is 0 Å². The zero-order valence-corrected chi connectivity index (χ0v) is 9.33. The molecule has 3 heteroatoms. The van der Waals surface area contributed by atoms with Gasteiger partial charge in [-0.1, -0.05) is 6.07 Å². The summed E-state index contributed by atoms with van der Waals surface area (Å²) in [4.78, 5) is 16.1. The highest BCUT2D eigenvalue weighted by atomic mass is 16.1. The van der Waals surface area contributed by atoms with E-state index in [0.717, 1.165) is 37.8 Å². The Kier molecular flexibility index (Phi) is 2.20. The molecule has 1 unspecified atom stereocenters. The van der Waals surface area contributed by atoms with Crippen LogP contribution in [0.1, 0.15) is 47.7 Å². The molecular weight excluding hydrogens is 200 g/mol. The number of aromatic nitrogens is 1. The Balaban J connectivity index is 2.10. The Bertz CT molecular complexity index is 453. The molecule has 2 aliphatic rings. The maximum Gasteiger partial charge on any atom is 0.226 e. The molecule has 1 atom stereocenters. The molecule has 0 bridgehead atoms. The van der Waals surface area contributed by atoms with Crippen molar-refractivity contribution < 1.29 is 4.79 Å². The topological polar surface area (TPSA) is 56.0 Å². The Morgan fingerprint density at radius 1 is 1.25 bits per heavy atom. The van der Waals surface area contributed by atoms with Gasteiger partial charge in [-0.05, 0) is 49.7 Å². The molecule has 84 valence electrons. The van der Waals surface area contributed by atoms with Crippen LogP contribution in [0.15, 0.2) is 6.07 Å². The van der Waals surface area contributed by atoms with E-state index in [1.807, 2.05) is 0 Å². The van der Waals surface area contributed by atoms with Gasteiger partial charge in [0.2, 0.25) is 5.91 Å². The summed E-state index contributed by atoms with van der Waals surface area (Å²) < 4.78 is 0. The Hall–Kier alpha value is -1.38. The minimum atomic E-state index is -0.216. The summed E-state index contributed by atoms with van der Waals surface area (Å²) >= 11 is 0. The maximum atomic E-state index is 11.4. The van der Waals surface area contributed by atoms with E-state index in [2.05, 4.69) is 6.07 Å². The van der Waals surface area contributed by atoms with Crippen molar-refractivity contribution in [1.29, 1.82) is 0 Å². The summed E-state index contributed by atoms with van der Waals surface area (Å²) in [5.41, 5.74) is 10.3. The Morgan fingerprint density at radius 3 is 2.88 bits per heavy atom. The number of pyridine rings is 1. The highest BCUT2D eigenvalue weighted by Crippen LogP contribution is 2.33. The quantitative estimate of drug-likeness (QED) is 0.773. The van der Waals surface area contributed by atoms with E-state index in [9.17, 15) is 4.79 Å². The highest BCUT2D eigenvalue weighted by Gasteiger charge is 2.28. The number of carbonyl (C=O) groups excluding carboxylic acids is 1. The zero-order chi connectivity index (χ0) is 11.1. The SMILES string of the molecule is NC(=O)C1CCCc2cc3c(nc21)CCC3. The molecule has 1 heterocycles. The highest BCUT2D eigenvalue weighted by molar-refractivity contribution is 5.82. The number of primary amides is 1. The van der Waals surface area contributed by atoms with Crippen LogP contribution in [0.5, 0.6) is 0 Å². The zero-order valence-electron chi connectivity index (χ0n) is 9.33. The molecule has 0 aromatic carbocycles. The number of nitrogens with two attached hydrogens (primary N) is 1. The fourth-order valence-corrected chi connectivity index (χ4v) is 2.95. The molecule has 0 saturated heterocycles. The third kappa shape index (κ3) is 1.42. The molecule has 0 radical (unpaired) electrons. The molecule has 16 heavy (non-hydrogen) atoms. The fourth-order valence-electron chi connectivity index (χ4n) is 2.95. The molecule has 2 N–H and O–H groups in total. The van der Waals surface area contributed by atoms with E-state index in [0.29, 0.717) is 0 Å². The van der Waals surface area contributed by atoms with Crippen LogP contribution in [0, 0.1) is 0 Å². The summed E-state index contributed by atoms with van der Waals surface area (Å²) in [5.74, 6) is -0.360. The van der Waals surface area contributed by atoms with Gasteiger partial charge in [0.15, 0.2) is 0 Å². The number of fused-ring (bicyclic) bond motifs is 2. The monoisotopic (exact) mass is 216 g/mol. The number of aryl methyl sites for hydroxylation is 3. The smallest absolute Gasteiger partial charge is 0.226 e. The van der Waals surface area contributed by atoms with E-state index in [4.69, 9.17) is 10.7 Å². The second-order valence-corrected chi connectivity index (χ2v) is 4.84. The first-order chi connectivity index (χ1) is 7.75. The molecule has 0 fully saturated rings. The lowest BCUT2D eigenvalue weighted by Gasteiger charge is -2.23. The van der Waals surface area contributed by atoms with Crippen molar-refractivity contribution >= 4 is 5.91 Å². The predicted molar refractivity (Wildman–Crippen MR) is 61.1 cm³/mol. The van der Waals surface area contributed by atoms with Crippen LogP contribution in [-0.4, -0.2) is 10.9 Å². The molecule has 0 aliphatic heterocycles. The van der Waals surface area contributed by atoms with Gasteiger partial charge in [-0.2, -0.15) is 0 Å². The van der Waals surface area contributed by atoms with Crippen molar-refractivity contribution in [3.05, 3.63) is 28.6 Å². The van der Waals surface area contributed by atoms with E-state index in [1.54, 1.807) is 0 Å². The molecule has 0 saturated carbocycles. The summed E-state index contributed by atoms with van der Waals surface area (Å²) in [6, 6.07) is 2.26. The molecule has 0 spiro atoms. The number of amides is 1. The second-order valence-electron chi connectivity index (χ2n) is 4.84. The van der Waals surface area contributed by atoms with E-state index < -0.39 is 0 Å². The molecular formula is C13H16N2O. The third-order valence-electron chi connectivity index (χ3n) is 3.78. The van der Waals surface area contributed by atoms with E-state index >= 15 is 0 Å². The Labute approximate surface area is 95.1 Å². The predicted octanol–water partition coefficient (Wildman–Crippen LogP) is 1.48. The number of hydrogen-bond donors (Lipinski definition) is 1. The van der Waals surface area contributed by atoms with Crippen molar-refractivity contribution in [3.8, 4) is 0 Å². The molecule has 3 nitrogen and oxygen atoms in total. The normalized spacial score (nSPS) is 22.6. The first-order valence-electron chi connectivity index (χ1n) is 6.06. The van der Waals surface area contributed by atoms with Crippen LogP contribution in [0.2, 0.25) is 0 Å². The van der Waals surface area contributed by atoms with E-state index in [-0.39, 0.29) is 11.8 Å². The lowest BCUT2D eigenvalue weighted by molar-refractivity contribution is -0.119. The first kappa shape index (κ1) is 9.82.